The van der Waals surface area contributed by atoms with Crippen molar-refractivity contribution in [1.82, 2.24) is 9.97 Å². The quantitative estimate of drug-likeness (QED) is 0.479. The highest BCUT2D eigenvalue weighted by Gasteiger charge is 2.06. The molecule has 132 valence electrons. The lowest BCUT2D eigenvalue weighted by atomic mass is 10.1. The Balaban J connectivity index is 1.77. The second-order valence-corrected chi connectivity index (χ2v) is 5.69. The smallest absolute Gasteiger partial charge is 0.214 e. The van der Waals surface area contributed by atoms with E-state index in [1.807, 2.05) is 0 Å². The van der Waals surface area contributed by atoms with Gasteiger partial charge in [-0.05, 0) is 36.4 Å². The minimum Gasteiger partial charge on any atom is -0.508 e. The highest BCUT2D eigenvalue weighted by molar-refractivity contribution is 6.33. The van der Waals surface area contributed by atoms with E-state index in [4.69, 9.17) is 22.1 Å². The van der Waals surface area contributed by atoms with Gasteiger partial charge in [0.15, 0.2) is 11.8 Å². The Kier molecular flexibility index (Phi) is 5.19. The summed E-state index contributed by atoms with van der Waals surface area (Å²) < 4.78 is 5.06. The van der Waals surface area contributed by atoms with Crippen molar-refractivity contribution >= 4 is 29.1 Å². The summed E-state index contributed by atoms with van der Waals surface area (Å²) in [6.07, 6.45) is 3.21. The molecule has 0 aliphatic rings. The van der Waals surface area contributed by atoms with Crippen molar-refractivity contribution in [2.45, 2.75) is 0 Å². The van der Waals surface area contributed by atoms with E-state index in [1.165, 1.54) is 13.2 Å². The molecule has 3 aromatic rings. The molecule has 4 N–H and O–H groups in total. The number of nitrogens with zero attached hydrogens (tertiary/aromatic N) is 3. The van der Waals surface area contributed by atoms with E-state index >= 15 is 0 Å². The molecule has 26 heavy (non-hydrogen) atoms. The number of hydrogen-bond donors (Lipinski definition) is 3. The Morgan fingerprint density at radius 3 is 2.77 bits per heavy atom. The average Bonchev–Trinajstić information content (AvgIpc) is 2.64. The van der Waals surface area contributed by atoms with E-state index in [0.717, 1.165) is 5.56 Å². The van der Waals surface area contributed by atoms with Crippen LogP contribution in [-0.2, 0) is 0 Å². The summed E-state index contributed by atoms with van der Waals surface area (Å²) in [4.78, 5) is 12.5. The molecule has 0 radical (unpaired) electrons. The van der Waals surface area contributed by atoms with Gasteiger partial charge >= 0.3 is 0 Å². The molecular formula is C18H16ClN5O2. The molecule has 0 saturated heterocycles. The molecule has 0 aliphatic heterocycles. The zero-order valence-electron chi connectivity index (χ0n) is 13.8. The fourth-order valence-electron chi connectivity index (χ4n) is 2.24. The van der Waals surface area contributed by atoms with Gasteiger partial charge in [0, 0.05) is 40.3 Å². The normalized spacial score (nSPS) is 11.2. The summed E-state index contributed by atoms with van der Waals surface area (Å²) in [6.45, 7) is 0. The monoisotopic (exact) mass is 369 g/mol. The molecule has 8 heteroatoms. The summed E-state index contributed by atoms with van der Waals surface area (Å²) in [5, 5.41) is 13.1. The van der Waals surface area contributed by atoms with E-state index < -0.39 is 0 Å². The van der Waals surface area contributed by atoms with Gasteiger partial charge < -0.3 is 20.9 Å². The van der Waals surface area contributed by atoms with Crippen molar-refractivity contribution in [1.29, 1.82) is 0 Å². The number of halogens is 1. The van der Waals surface area contributed by atoms with Gasteiger partial charge in [-0.2, -0.15) is 4.99 Å². The van der Waals surface area contributed by atoms with Crippen LogP contribution in [0.4, 0.5) is 11.5 Å². The number of hydrogen-bond acceptors (Lipinski definition) is 5. The first-order chi connectivity index (χ1) is 12.5. The van der Waals surface area contributed by atoms with Gasteiger partial charge in [-0.3, -0.25) is 0 Å². The molecule has 0 atom stereocenters. The standard InChI is InChI=1S/C18H16ClN5O2/c1-26-17-8-12(6-7-21-17)23-18(20)24-16-5-2-11(10-22-16)14-9-13(25)3-4-15(14)19/h2-10,25H,1H3,(H3,20,21,22,23,24). The van der Waals surface area contributed by atoms with Crippen molar-refractivity contribution in [2.24, 2.45) is 10.7 Å². The molecular weight excluding hydrogens is 354 g/mol. The predicted molar refractivity (Wildman–Crippen MR) is 102 cm³/mol. The summed E-state index contributed by atoms with van der Waals surface area (Å²) in [5.74, 6) is 1.20. The number of methoxy groups -OCH3 is 1. The van der Waals surface area contributed by atoms with E-state index in [1.54, 1.807) is 48.8 Å². The maximum absolute atomic E-state index is 9.61. The number of rotatable bonds is 4. The Morgan fingerprint density at radius 2 is 2.04 bits per heavy atom. The fraction of sp³-hybridized carbons (Fsp3) is 0.0556. The minimum atomic E-state index is 0.132. The Hall–Kier alpha value is -3.32. The first-order valence-corrected chi connectivity index (χ1v) is 7.99. The summed E-state index contributed by atoms with van der Waals surface area (Å²) in [7, 11) is 1.54. The van der Waals surface area contributed by atoms with Gasteiger partial charge in [0.25, 0.3) is 0 Å². The maximum atomic E-state index is 9.61. The average molecular weight is 370 g/mol. The molecule has 7 nitrogen and oxygen atoms in total. The lowest BCUT2D eigenvalue weighted by Crippen LogP contribution is -2.22. The number of aromatic nitrogens is 2. The van der Waals surface area contributed by atoms with Gasteiger partial charge in [0.05, 0.1) is 7.11 Å². The third kappa shape index (κ3) is 4.20. The second-order valence-electron chi connectivity index (χ2n) is 5.28. The molecule has 3 rings (SSSR count). The number of aliphatic imine (C=N–C) groups is 1. The molecule has 2 heterocycles. The molecule has 0 spiro atoms. The number of ether oxygens (including phenoxy) is 1. The van der Waals surface area contributed by atoms with Crippen LogP contribution >= 0.6 is 11.6 Å². The topological polar surface area (TPSA) is 106 Å². The predicted octanol–water partition coefficient (Wildman–Crippen LogP) is 3.57. The lowest BCUT2D eigenvalue weighted by molar-refractivity contribution is 0.398. The highest BCUT2D eigenvalue weighted by atomic mass is 35.5. The zero-order valence-corrected chi connectivity index (χ0v) is 14.6. The zero-order chi connectivity index (χ0) is 18.5. The van der Waals surface area contributed by atoms with Crippen molar-refractivity contribution in [3.05, 3.63) is 59.9 Å². The first kappa shape index (κ1) is 17.5. The van der Waals surface area contributed by atoms with E-state index in [2.05, 4.69) is 20.3 Å². The van der Waals surface area contributed by atoms with E-state index in [9.17, 15) is 5.11 Å². The summed E-state index contributed by atoms with van der Waals surface area (Å²) in [6, 6.07) is 11.7. The van der Waals surface area contributed by atoms with Crippen molar-refractivity contribution in [3.8, 4) is 22.8 Å². The largest absolute Gasteiger partial charge is 0.508 e. The van der Waals surface area contributed by atoms with Crippen molar-refractivity contribution < 1.29 is 9.84 Å². The number of phenols is 1. The first-order valence-electron chi connectivity index (χ1n) is 7.61. The highest BCUT2D eigenvalue weighted by Crippen LogP contribution is 2.31. The van der Waals surface area contributed by atoms with Crippen LogP contribution in [0.5, 0.6) is 11.6 Å². The van der Waals surface area contributed by atoms with Crippen LogP contribution in [0.2, 0.25) is 5.02 Å². The van der Waals surface area contributed by atoms with Crippen LogP contribution in [0.1, 0.15) is 0 Å². The van der Waals surface area contributed by atoms with Crippen LogP contribution in [-0.4, -0.2) is 28.1 Å². The van der Waals surface area contributed by atoms with Crippen LogP contribution in [0.25, 0.3) is 11.1 Å². The molecule has 0 aliphatic carbocycles. The molecule has 2 aromatic heterocycles. The maximum Gasteiger partial charge on any atom is 0.214 e. The Morgan fingerprint density at radius 1 is 1.19 bits per heavy atom. The number of guanidine groups is 1. The molecule has 1 aromatic carbocycles. The SMILES string of the molecule is COc1cc(NC(N)=Nc2ccc(-c3cc(O)ccc3Cl)cn2)ccn1. The number of pyridine rings is 2. The Bertz CT molecular complexity index is 945. The number of nitrogens with two attached hydrogens (primary N) is 1. The van der Waals surface area contributed by atoms with Crippen molar-refractivity contribution in [2.75, 3.05) is 12.4 Å². The number of aromatic hydroxyl groups is 1. The van der Waals surface area contributed by atoms with Gasteiger partial charge in [0.1, 0.15) is 5.75 Å². The Labute approximate surface area is 155 Å². The summed E-state index contributed by atoms with van der Waals surface area (Å²) >= 11 is 6.16. The molecule has 0 amide bonds. The van der Waals surface area contributed by atoms with Crippen molar-refractivity contribution in [3.63, 3.8) is 0 Å². The molecule has 0 saturated carbocycles. The molecule has 0 bridgehead atoms. The van der Waals surface area contributed by atoms with Crippen LogP contribution in [0, 0.1) is 0 Å². The third-order valence-corrected chi connectivity index (χ3v) is 3.79. The van der Waals surface area contributed by atoms with Gasteiger partial charge in [-0.15, -0.1) is 0 Å². The van der Waals surface area contributed by atoms with Crippen LogP contribution < -0.4 is 15.8 Å². The molecule has 0 unspecified atom stereocenters. The number of nitrogens with one attached hydrogen (secondary N) is 1. The van der Waals surface area contributed by atoms with Gasteiger partial charge in [-0.1, -0.05) is 11.6 Å². The number of benzene rings is 1. The second kappa shape index (κ2) is 7.71. The van der Waals surface area contributed by atoms with Crippen LogP contribution in [0.15, 0.2) is 59.9 Å². The lowest BCUT2D eigenvalue weighted by Gasteiger charge is -2.07. The number of anilines is 1. The van der Waals surface area contributed by atoms with Gasteiger partial charge in [0.2, 0.25) is 5.88 Å². The molecule has 0 fully saturated rings. The van der Waals surface area contributed by atoms with Crippen LogP contribution in [0.3, 0.4) is 0 Å². The van der Waals surface area contributed by atoms with E-state index in [-0.39, 0.29) is 11.7 Å². The summed E-state index contributed by atoms with van der Waals surface area (Å²) in [5.41, 5.74) is 8.05. The van der Waals surface area contributed by atoms with Gasteiger partial charge in [-0.25, -0.2) is 9.97 Å². The van der Waals surface area contributed by atoms with E-state index in [0.29, 0.717) is 28.0 Å². The third-order valence-electron chi connectivity index (χ3n) is 3.46. The minimum absolute atomic E-state index is 0.132. The number of phenolic OH excluding ortho intramolecular Hbond substituents is 1. The fourth-order valence-corrected chi connectivity index (χ4v) is 2.47.